The molecule has 0 bridgehead atoms. The van der Waals surface area contributed by atoms with Gasteiger partial charge in [-0.05, 0) is 17.5 Å². The van der Waals surface area contributed by atoms with Gasteiger partial charge in [0.05, 0.1) is 18.7 Å². The molecule has 2 aromatic carbocycles. The highest BCUT2D eigenvalue weighted by Gasteiger charge is 2.19. The van der Waals surface area contributed by atoms with Crippen LogP contribution in [0.5, 0.6) is 0 Å². The fourth-order valence-electron chi connectivity index (χ4n) is 2.16. The topological polar surface area (TPSA) is 75.4 Å². The number of carbonyl (C=O) groups is 1. The summed E-state index contributed by atoms with van der Waals surface area (Å²) in [6.45, 7) is -0.159. The van der Waals surface area contributed by atoms with Crippen LogP contribution in [0.25, 0.3) is 0 Å². The normalized spacial score (nSPS) is 13.4. The Kier molecular flexibility index (Phi) is 5.49. The van der Waals surface area contributed by atoms with Crippen LogP contribution >= 0.6 is 0 Å². The van der Waals surface area contributed by atoms with Crippen molar-refractivity contribution in [2.24, 2.45) is 5.73 Å². The van der Waals surface area contributed by atoms with E-state index in [9.17, 15) is 9.90 Å². The maximum atomic E-state index is 12.1. The molecular formula is C17H20N2O2. The molecule has 0 heterocycles. The van der Waals surface area contributed by atoms with Gasteiger partial charge in [-0.25, -0.2) is 0 Å². The molecule has 0 spiro atoms. The summed E-state index contributed by atoms with van der Waals surface area (Å²) in [5, 5.41) is 12.2. The van der Waals surface area contributed by atoms with Crippen LogP contribution in [0.2, 0.25) is 0 Å². The molecule has 1 amide bonds. The summed E-state index contributed by atoms with van der Waals surface area (Å²) in [7, 11) is 0. The van der Waals surface area contributed by atoms with Gasteiger partial charge in [-0.3, -0.25) is 4.79 Å². The summed E-state index contributed by atoms with van der Waals surface area (Å²) < 4.78 is 0. The van der Waals surface area contributed by atoms with Crippen molar-refractivity contribution in [2.75, 3.05) is 6.61 Å². The highest BCUT2D eigenvalue weighted by Crippen LogP contribution is 2.12. The first-order valence-corrected chi connectivity index (χ1v) is 6.96. The molecule has 21 heavy (non-hydrogen) atoms. The lowest BCUT2D eigenvalue weighted by molar-refractivity contribution is -0.123. The quantitative estimate of drug-likeness (QED) is 0.750. The minimum Gasteiger partial charge on any atom is -0.394 e. The molecule has 110 valence electrons. The van der Waals surface area contributed by atoms with Crippen LogP contribution in [0.3, 0.4) is 0 Å². The van der Waals surface area contributed by atoms with Crippen LogP contribution < -0.4 is 11.1 Å². The lowest BCUT2D eigenvalue weighted by atomic mass is 10.0. The summed E-state index contributed by atoms with van der Waals surface area (Å²) in [5.74, 6) is -0.262. The van der Waals surface area contributed by atoms with Crippen molar-refractivity contribution < 1.29 is 9.90 Å². The smallest absolute Gasteiger partial charge is 0.237 e. The number of rotatable bonds is 6. The highest BCUT2D eigenvalue weighted by molar-refractivity contribution is 5.82. The number of amides is 1. The zero-order valence-corrected chi connectivity index (χ0v) is 11.8. The predicted molar refractivity (Wildman–Crippen MR) is 82.5 cm³/mol. The Bertz CT molecular complexity index is 558. The first-order valence-electron chi connectivity index (χ1n) is 6.96. The Balaban J connectivity index is 1.96. The first kappa shape index (κ1) is 15.2. The van der Waals surface area contributed by atoms with Crippen molar-refractivity contribution >= 4 is 5.91 Å². The van der Waals surface area contributed by atoms with E-state index < -0.39 is 12.1 Å². The van der Waals surface area contributed by atoms with E-state index in [1.165, 1.54) is 0 Å². The van der Waals surface area contributed by atoms with Crippen molar-refractivity contribution in [3.8, 4) is 0 Å². The fourth-order valence-corrected chi connectivity index (χ4v) is 2.16. The SMILES string of the molecule is N[C@H](Cc1ccccc1)C(=O)NC(CO)c1ccccc1. The van der Waals surface area contributed by atoms with Crippen molar-refractivity contribution in [2.45, 2.75) is 18.5 Å². The van der Waals surface area contributed by atoms with E-state index in [2.05, 4.69) is 5.32 Å². The number of carbonyl (C=O) groups excluding carboxylic acids is 1. The van der Waals surface area contributed by atoms with Crippen molar-refractivity contribution in [1.29, 1.82) is 0 Å². The van der Waals surface area contributed by atoms with Crippen LogP contribution in [0, 0.1) is 0 Å². The van der Waals surface area contributed by atoms with E-state index in [-0.39, 0.29) is 12.5 Å². The molecular weight excluding hydrogens is 264 g/mol. The van der Waals surface area contributed by atoms with Crippen LogP contribution in [-0.4, -0.2) is 23.7 Å². The van der Waals surface area contributed by atoms with E-state index in [0.29, 0.717) is 6.42 Å². The second-order valence-electron chi connectivity index (χ2n) is 4.95. The predicted octanol–water partition coefficient (Wildman–Crippen LogP) is 1.41. The second-order valence-corrected chi connectivity index (χ2v) is 4.95. The first-order chi connectivity index (χ1) is 10.2. The van der Waals surface area contributed by atoms with Gasteiger partial charge < -0.3 is 16.2 Å². The molecule has 4 nitrogen and oxygen atoms in total. The lowest BCUT2D eigenvalue weighted by Crippen LogP contribution is -2.44. The van der Waals surface area contributed by atoms with Gasteiger partial charge in [-0.1, -0.05) is 60.7 Å². The molecule has 0 aliphatic rings. The number of hydrogen-bond donors (Lipinski definition) is 3. The molecule has 2 rings (SSSR count). The van der Waals surface area contributed by atoms with Crippen molar-refractivity contribution in [3.05, 3.63) is 71.8 Å². The number of hydrogen-bond acceptors (Lipinski definition) is 3. The van der Waals surface area contributed by atoms with Crippen molar-refractivity contribution in [1.82, 2.24) is 5.32 Å². The molecule has 0 aromatic heterocycles. The number of benzene rings is 2. The van der Waals surface area contributed by atoms with Gasteiger partial charge in [0, 0.05) is 0 Å². The molecule has 4 N–H and O–H groups in total. The van der Waals surface area contributed by atoms with E-state index in [4.69, 9.17) is 5.73 Å². The molecule has 4 heteroatoms. The van der Waals surface area contributed by atoms with E-state index >= 15 is 0 Å². The Morgan fingerprint density at radius 3 is 2.19 bits per heavy atom. The Hall–Kier alpha value is -2.17. The minimum atomic E-state index is -0.634. The minimum absolute atomic E-state index is 0.159. The standard InChI is InChI=1S/C17H20N2O2/c18-15(11-13-7-3-1-4-8-13)17(21)19-16(12-20)14-9-5-2-6-10-14/h1-10,15-16,20H,11-12,18H2,(H,19,21)/t15-,16?/m1/s1. The third kappa shape index (κ3) is 4.41. The summed E-state index contributed by atoms with van der Waals surface area (Å²) >= 11 is 0. The number of nitrogens with two attached hydrogens (primary N) is 1. The van der Waals surface area contributed by atoms with Gasteiger partial charge in [0.2, 0.25) is 5.91 Å². The van der Waals surface area contributed by atoms with Gasteiger partial charge in [0.15, 0.2) is 0 Å². The Morgan fingerprint density at radius 1 is 1.05 bits per heavy atom. The molecule has 1 unspecified atom stereocenters. The fraction of sp³-hybridized carbons (Fsp3) is 0.235. The Labute approximate surface area is 124 Å². The molecule has 0 saturated heterocycles. The van der Waals surface area contributed by atoms with E-state index in [0.717, 1.165) is 11.1 Å². The zero-order valence-electron chi connectivity index (χ0n) is 11.8. The number of aliphatic hydroxyl groups is 1. The van der Waals surface area contributed by atoms with Crippen LogP contribution in [0.1, 0.15) is 17.2 Å². The van der Waals surface area contributed by atoms with Crippen molar-refractivity contribution in [3.63, 3.8) is 0 Å². The summed E-state index contributed by atoms with van der Waals surface area (Å²) in [6.07, 6.45) is 0.472. The van der Waals surface area contributed by atoms with E-state index in [1.807, 2.05) is 60.7 Å². The average Bonchev–Trinajstić information content (AvgIpc) is 2.54. The third-order valence-electron chi connectivity index (χ3n) is 3.34. The van der Waals surface area contributed by atoms with Gasteiger partial charge >= 0.3 is 0 Å². The monoisotopic (exact) mass is 284 g/mol. The molecule has 0 radical (unpaired) electrons. The van der Waals surface area contributed by atoms with Gasteiger partial charge in [-0.2, -0.15) is 0 Å². The number of aliphatic hydroxyl groups excluding tert-OH is 1. The molecule has 2 aromatic rings. The lowest BCUT2D eigenvalue weighted by Gasteiger charge is -2.19. The largest absolute Gasteiger partial charge is 0.394 e. The van der Waals surface area contributed by atoms with E-state index in [1.54, 1.807) is 0 Å². The van der Waals surface area contributed by atoms with Crippen LogP contribution in [0.4, 0.5) is 0 Å². The third-order valence-corrected chi connectivity index (χ3v) is 3.34. The maximum Gasteiger partial charge on any atom is 0.237 e. The molecule has 0 aliphatic heterocycles. The van der Waals surface area contributed by atoms with Gasteiger partial charge in [-0.15, -0.1) is 0 Å². The Morgan fingerprint density at radius 2 is 1.62 bits per heavy atom. The molecule has 0 saturated carbocycles. The van der Waals surface area contributed by atoms with Crippen LogP contribution in [-0.2, 0) is 11.2 Å². The molecule has 0 fully saturated rings. The number of nitrogens with one attached hydrogen (secondary N) is 1. The average molecular weight is 284 g/mol. The zero-order chi connectivity index (χ0) is 15.1. The molecule has 2 atom stereocenters. The van der Waals surface area contributed by atoms with Crippen LogP contribution in [0.15, 0.2) is 60.7 Å². The molecule has 0 aliphatic carbocycles. The highest BCUT2D eigenvalue weighted by atomic mass is 16.3. The maximum absolute atomic E-state index is 12.1. The summed E-state index contributed by atoms with van der Waals surface area (Å²) in [6, 6.07) is 17.9. The summed E-state index contributed by atoms with van der Waals surface area (Å²) in [5.41, 5.74) is 7.81. The van der Waals surface area contributed by atoms with Gasteiger partial charge in [0.25, 0.3) is 0 Å². The summed E-state index contributed by atoms with van der Waals surface area (Å²) in [4.78, 5) is 12.1. The van der Waals surface area contributed by atoms with Gasteiger partial charge in [0.1, 0.15) is 0 Å². The second kappa shape index (κ2) is 7.57.